The van der Waals surface area contributed by atoms with E-state index in [1.54, 1.807) is 41.5 Å². The monoisotopic (exact) mass is 631 g/mol. The molecule has 0 unspecified atom stereocenters. The lowest BCUT2D eigenvalue weighted by atomic mass is 9.98. The minimum absolute atomic E-state index is 0.0423. The number of guanidine groups is 1. The Bertz CT molecular complexity index is 990. The predicted octanol–water partition coefficient (Wildman–Crippen LogP) is -0.179. The van der Waals surface area contributed by atoms with E-state index in [1.807, 2.05) is 6.92 Å². The summed E-state index contributed by atoms with van der Waals surface area (Å²) in [5.41, 5.74) is 15.9. The zero-order valence-electron chi connectivity index (χ0n) is 27.1. The Balaban J connectivity index is 0. The Morgan fingerprint density at radius 3 is 1.75 bits per heavy atom. The zero-order valence-corrected chi connectivity index (χ0v) is 27.1. The van der Waals surface area contributed by atoms with Crippen LogP contribution in [0.2, 0.25) is 0 Å². The molecule has 0 saturated heterocycles. The third-order valence-electron chi connectivity index (χ3n) is 6.34. The second-order valence-electron chi connectivity index (χ2n) is 11.5. The van der Waals surface area contributed by atoms with Crippen LogP contribution in [0.1, 0.15) is 87.5 Å². The molecule has 0 aromatic heterocycles. The minimum Gasteiger partial charge on any atom is -0.481 e. The molecule has 11 N–H and O–H groups in total. The van der Waals surface area contributed by atoms with Gasteiger partial charge in [-0.15, -0.1) is 0 Å². The van der Waals surface area contributed by atoms with E-state index in [-0.39, 0.29) is 37.2 Å². The molecule has 0 radical (unpaired) electrons. The largest absolute Gasteiger partial charge is 0.481 e. The van der Waals surface area contributed by atoms with Crippen LogP contribution in [-0.4, -0.2) is 88.1 Å². The second-order valence-corrected chi connectivity index (χ2v) is 11.5. The van der Waals surface area contributed by atoms with Crippen molar-refractivity contribution < 1.29 is 43.7 Å². The van der Waals surface area contributed by atoms with Gasteiger partial charge in [0, 0.05) is 13.5 Å². The van der Waals surface area contributed by atoms with E-state index in [2.05, 4.69) is 20.9 Å². The molecule has 6 atom stereocenters. The highest BCUT2D eigenvalue weighted by Crippen LogP contribution is 2.12. The average molecular weight is 632 g/mol. The summed E-state index contributed by atoms with van der Waals surface area (Å²) in [7, 11) is 0. The van der Waals surface area contributed by atoms with Crippen molar-refractivity contribution in [1.82, 2.24) is 16.0 Å². The van der Waals surface area contributed by atoms with Crippen LogP contribution in [0, 0.1) is 11.8 Å². The van der Waals surface area contributed by atoms with Gasteiger partial charge in [-0.3, -0.25) is 29.0 Å². The highest BCUT2D eigenvalue weighted by Gasteiger charge is 2.34. The fraction of sp³-hybridized carbons (Fsp3) is 0.750. The Labute approximate surface area is 259 Å². The van der Waals surface area contributed by atoms with Crippen molar-refractivity contribution in [2.75, 3.05) is 6.54 Å². The van der Waals surface area contributed by atoms with Gasteiger partial charge in [-0.2, -0.15) is 0 Å². The molecule has 0 bridgehead atoms. The summed E-state index contributed by atoms with van der Waals surface area (Å²) in [5, 5.41) is 24.5. The van der Waals surface area contributed by atoms with E-state index in [9.17, 15) is 29.1 Å². The number of esters is 1. The first-order valence-corrected chi connectivity index (χ1v) is 14.5. The molecular weight excluding hydrogens is 578 g/mol. The van der Waals surface area contributed by atoms with Crippen molar-refractivity contribution in [3.05, 3.63) is 0 Å². The maximum atomic E-state index is 13.4. The number of carboxylic acid groups (broad SMARTS) is 2. The van der Waals surface area contributed by atoms with E-state index in [1.165, 1.54) is 0 Å². The van der Waals surface area contributed by atoms with Gasteiger partial charge in [-0.05, 0) is 45.4 Å². The number of hydrogen-bond acceptors (Lipinski definition) is 9. The number of carbonyl (C=O) groups is 6. The molecular formula is C28H53N7O9. The summed E-state index contributed by atoms with van der Waals surface area (Å²) >= 11 is 0. The number of nitrogens with one attached hydrogen (secondary N) is 3. The molecule has 16 heteroatoms. The van der Waals surface area contributed by atoms with Gasteiger partial charge in [-0.1, -0.05) is 40.5 Å². The number of carboxylic acids is 2. The minimum atomic E-state index is -1.41. The normalized spacial score (nSPS) is 14.9. The van der Waals surface area contributed by atoms with Gasteiger partial charge >= 0.3 is 11.9 Å². The topological polar surface area (TPSA) is 279 Å². The molecule has 0 saturated carbocycles. The lowest BCUT2D eigenvalue weighted by Gasteiger charge is -2.27. The van der Waals surface area contributed by atoms with Gasteiger partial charge in [-0.25, -0.2) is 4.79 Å². The first-order chi connectivity index (χ1) is 20.2. The SMILES string of the molecule is CC(=O)O.CC[C@H](C)[C@H](N)C(=O)N[C@@H](CC(=O)OC(C)(C)C)C(=O)N[C@@H](CCCN=C(N)N)C(=O)N[C@H](C(=O)O)[C@@H](C)CC. The standard InChI is InChI=1S/C26H49N7O7.C2H4O2/c1-8-14(3)19(27)23(37)32-17(13-18(34)40-26(5,6)7)22(36)31-16(11-10-12-30-25(28)29)21(35)33-20(24(38)39)15(4)9-2;1-2(3)4/h14-17,19-20H,8-13,27H2,1-7H3,(H,31,36)(H,32,37)(H,33,35)(H,38,39)(H4,28,29,30);1H3,(H,3,4)/t14-,15-,16-,17-,19-,20-;/m0./s1. The van der Waals surface area contributed by atoms with E-state index in [0.29, 0.717) is 12.8 Å². The fourth-order valence-corrected chi connectivity index (χ4v) is 3.52. The van der Waals surface area contributed by atoms with Crippen molar-refractivity contribution in [2.24, 2.45) is 34.0 Å². The van der Waals surface area contributed by atoms with Crippen LogP contribution < -0.4 is 33.2 Å². The molecule has 254 valence electrons. The lowest BCUT2D eigenvalue weighted by Crippen LogP contribution is -2.58. The number of nitrogens with two attached hydrogens (primary N) is 3. The van der Waals surface area contributed by atoms with E-state index >= 15 is 0 Å². The second kappa shape index (κ2) is 20.9. The number of aliphatic imine (C=N–C) groups is 1. The van der Waals surface area contributed by atoms with Crippen LogP contribution in [0.25, 0.3) is 0 Å². The molecule has 0 fully saturated rings. The number of aliphatic carboxylic acids is 2. The van der Waals surface area contributed by atoms with Crippen molar-refractivity contribution in [2.45, 2.75) is 117 Å². The van der Waals surface area contributed by atoms with Crippen LogP contribution in [0.15, 0.2) is 4.99 Å². The Morgan fingerprint density at radius 1 is 0.841 bits per heavy atom. The molecule has 0 aliphatic rings. The fourth-order valence-electron chi connectivity index (χ4n) is 3.52. The summed E-state index contributed by atoms with van der Waals surface area (Å²) in [5.74, 6) is -5.77. The quantitative estimate of drug-likeness (QED) is 0.0449. The van der Waals surface area contributed by atoms with Gasteiger partial charge < -0.3 is 48.1 Å². The summed E-state index contributed by atoms with van der Waals surface area (Å²) in [6, 6.07) is -4.76. The van der Waals surface area contributed by atoms with Crippen LogP contribution in [0.4, 0.5) is 0 Å². The van der Waals surface area contributed by atoms with Gasteiger partial charge in [0.1, 0.15) is 23.7 Å². The molecule has 0 aliphatic heterocycles. The van der Waals surface area contributed by atoms with E-state index in [4.69, 9.17) is 31.8 Å². The number of carbonyl (C=O) groups excluding carboxylic acids is 4. The van der Waals surface area contributed by atoms with E-state index in [0.717, 1.165) is 6.92 Å². The van der Waals surface area contributed by atoms with E-state index < -0.39 is 71.8 Å². The molecule has 0 aromatic carbocycles. The van der Waals surface area contributed by atoms with Crippen LogP contribution in [-0.2, 0) is 33.5 Å². The molecule has 3 amide bonds. The molecule has 16 nitrogen and oxygen atoms in total. The smallest absolute Gasteiger partial charge is 0.326 e. The molecule has 44 heavy (non-hydrogen) atoms. The first kappa shape index (κ1) is 42.2. The zero-order chi connectivity index (χ0) is 34.8. The Hall–Kier alpha value is -3.95. The van der Waals surface area contributed by atoms with Crippen LogP contribution in [0.3, 0.4) is 0 Å². The number of nitrogens with zero attached hydrogens (tertiary/aromatic N) is 1. The maximum Gasteiger partial charge on any atom is 0.326 e. The molecule has 0 aromatic rings. The first-order valence-electron chi connectivity index (χ1n) is 14.5. The lowest BCUT2D eigenvalue weighted by molar-refractivity contribution is -0.156. The number of rotatable bonds is 17. The summed E-state index contributed by atoms with van der Waals surface area (Å²) in [6.45, 7) is 13.3. The number of ether oxygens (including phenoxy) is 1. The molecule has 0 aliphatic carbocycles. The Kier molecular flexibility index (Phi) is 20.0. The predicted molar refractivity (Wildman–Crippen MR) is 164 cm³/mol. The highest BCUT2D eigenvalue weighted by molar-refractivity contribution is 5.95. The van der Waals surface area contributed by atoms with Crippen molar-refractivity contribution in [3.8, 4) is 0 Å². The van der Waals surface area contributed by atoms with Gasteiger partial charge in [0.25, 0.3) is 5.97 Å². The van der Waals surface area contributed by atoms with Gasteiger partial charge in [0.2, 0.25) is 17.7 Å². The summed E-state index contributed by atoms with van der Waals surface area (Å²) in [4.78, 5) is 76.5. The molecule has 0 heterocycles. The van der Waals surface area contributed by atoms with Crippen molar-refractivity contribution >= 4 is 41.6 Å². The average Bonchev–Trinajstić information content (AvgIpc) is 2.89. The summed E-state index contributed by atoms with van der Waals surface area (Å²) < 4.78 is 5.32. The van der Waals surface area contributed by atoms with Crippen molar-refractivity contribution in [1.29, 1.82) is 0 Å². The Morgan fingerprint density at radius 2 is 1.32 bits per heavy atom. The van der Waals surface area contributed by atoms with Crippen LogP contribution in [0.5, 0.6) is 0 Å². The molecule has 0 spiro atoms. The van der Waals surface area contributed by atoms with Crippen molar-refractivity contribution in [3.63, 3.8) is 0 Å². The van der Waals surface area contributed by atoms with Crippen LogP contribution >= 0.6 is 0 Å². The third kappa shape index (κ3) is 19.3. The van der Waals surface area contributed by atoms with Gasteiger partial charge in [0.15, 0.2) is 5.96 Å². The van der Waals surface area contributed by atoms with Gasteiger partial charge in [0.05, 0.1) is 12.5 Å². The maximum absolute atomic E-state index is 13.4. The number of amides is 3. The number of hydrogen-bond donors (Lipinski definition) is 8. The summed E-state index contributed by atoms with van der Waals surface area (Å²) in [6.07, 6.45) is 0.880. The molecule has 0 rings (SSSR count). The third-order valence-corrected chi connectivity index (χ3v) is 6.34. The highest BCUT2D eigenvalue weighted by atomic mass is 16.6.